The third kappa shape index (κ3) is 1.30. The van der Waals surface area contributed by atoms with Crippen molar-refractivity contribution in [3.05, 3.63) is 35.5 Å². The Morgan fingerprint density at radius 1 is 1.20 bits per heavy atom. The molecule has 0 radical (unpaired) electrons. The smallest absolute Gasteiger partial charge is 0.0459 e. The molecule has 0 bridgehead atoms. The lowest BCUT2D eigenvalue weighted by molar-refractivity contribution is 0.448. The maximum atomic E-state index is 3.58. The van der Waals surface area contributed by atoms with E-state index in [9.17, 15) is 0 Å². The van der Waals surface area contributed by atoms with E-state index in [-0.39, 0.29) is 0 Å². The first-order valence-corrected chi connectivity index (χ1v) is 5.85. The molecule has 2 aromatic rings. The standard InChI is InChI=1S/C14H17N/c1-9-7-10(2)14-11-5-3-4-6-12(11)15-13(14)8-9/h3-6,9-10,15H,7-8H2,1-2H3. The van der Waals surface area contributed by atoms with Crippen molar-refractivity contribution in [1.82, 2.24) is 4.98 Å². The fraction of sp³-hybridized carbons (Fsp3) is 0.429. The Kier molecular flexibility index (Phi) is 1.88. The van der Waals surface area contributed by atoms with Crippen LogP contribution in [-0.4, -0.2) is 4.98 Å². The van der Waals surface area contributed by atoms with Crippen LogP contribution in [0.15, 0.2) is 24.3 Å². The van der Waals surface area contributed by atoms with E-state index in [1.165, 1.54) is 29.4 Å². The van der Waals surface area contributed by atoms with Gasteiger partial charge in [0, 0.05) is 16.6 Å². The molecule has 15 heavy (non-hydrogen) atoms. The Labute approximate surface area is 90.5 Å². The van der Waals surface area contributed by atoms with Gasteiger partial charge in [-0.3, -0.25) is 0 Å². The van der Waals surface area contributed by atoms with Gasteiger partial charge in [-0.2, -0.15) is 0 Å². The molecule has 1 aliphatic carbocycles. The molecular formula is C14H17N. The van der Waals surface area contributed by atoms with Gasteiger partial charge in [-0.1, -0.05) is 32.0 Å². The molecular weight excluding hydrogens is 182 g/mol. The predicted molar refractivity (Wildman–Crippen MR) is 64.2 cm³/mol. The van der Waals surface area contributed by atoms with E-state index in [1.807, 2.05) is 0 Å². The maximum Gasteiger partial charge on any atom is 0.0459 e. The van der Waals surface area contributed by atoms with Gasteiger partial charge in [0.15, 0.2) is 0 Å². The van der Waals surface area contributed by atoms with Crippen LogP contribution in [0.4, 0.5) is 0 Å². The Morgan fingerprint density at radius 3 is 2.87 bits per heavy atom. The SMILES string of the molecule is CC1Cc2[nH]c3ccccc3c2C(C)C1. The fourth-order valence-electron chi connectivity index (χ4n) is 3.10. The number of hydrogen-bond acceptors (Lipinski definition) is 0. The molecule has 1 aromatic carbocycles. The van der Waals surface area contributed by atoms with E-state index in [2.05, 4.69) is 43.1 Å². The van der Waals surface area contributed by atoms with Crippen LogP contribution >= 0.6 is 0 Å². The molecule has 1 heteroatoms. The lowest BCUT2D eigenvalue weighted by atomic mass is 9.81. The average molecular weight is 199 g/mol. The summed E-state index contributed by atoms with van der Waals surface area (Å²) in [5.74, 6) is 1.53. The van der Waals surface area contributed by atoms with Gasteiger partial charge in [0.1, 0.15) is 0 Å². The number of rotatable bonds is 0. The highest BCUT2D eigenvalue weighted by Crippen LogP contribution is 2.38. The van der Waals surface area contributed by atoms with Gasteiger partial charge < -0.3 is 4.98 Å². The first kappa shape index (κ1) is 9.02. The molecule has 78 valence electrons. The summed E-state index contributed by atoms with van der Waals surface area (Å²) in [5, 5.41) is 1.44. The zero-order valence-electron chi connectivity index (χ0n) is 9.38. The molecule has 1 nitrogen and oxygen atoms in total. The molecule has 0 aliphatic heterocycles. The highest BCUT2D eigenvalue weighted by atomic mass is 14.7. The van der Waals surface area contributed by atoms with Gasteiger partial charge in [-0.05, 0) is 36.3 Å². The number of aromatic amines is 1. The minimum absolute atomic E-state index is 0.708. The van der Waals surface area contributed by atoms with Crippen molar-refractivity contribution < 1.29 is 0 Å². The van der Waals surface area contributed by atoms with Gasteiger partial charge in [0.05, 0.1) is 0 Å². The summed E-state index contributed by atoms with van der Waals surface area (Å²) in [5.41, 5.74) is 4.36. The first-order chi connectivity index (χ1) is 7.25. The summed E-state index contributed by atoms with van der Waals surface area (Å²) in [6.07, 6.45) is 2.54. The summed E-state index contributed by atoms with van der Waals surface area (Å²) in [6, 6.07) is 8.68. The number of benzene rings is 1. The van der Waals surface area contributed by atoms with Crippen LogP contribution in [0.2, 0.25) is 0 Å². The number of aromatic nitrogens is 1. The number of hydrogen-bond donors (Lipinski definition) is 1. The minimum atomic E-state index is 0.708. The highest BCUT2D eigenvalue weighted by Gasteiger charge is 2.24. The van der Waals surface area contributed by atoms with Gasteiger partial charge in [0.2, 0.25) is 0 Å². The Bertz CT molecular complexity index is 495. The van der Waals surface area contributed by atoms with Gasteiger partial charge in [-0.25, -0.2) is 0 Å². The molecule has 0 amide bonds. The monoisotopic (exact) mass is 199 g/mol. The van der Waals surface area contributed by atoms with Crippen molar-refractivity contribution in [3.63, 3.8) is 0 Å². The van der Waals surface area contributed by atoms with Gasteiger partial charge in [0.25, 0.3) is 0 Å². The van der Waals surface area contributed by atoms with E-state index < -0.39 is 0 Å². The first-order valence-electron chi connectivity index (χ1n) is 5.85. The van der Waals surface area contributed by atoms with Crippen LogP contribution in [0.3, 0.4) is 0 Å². The van der Waals surface area contributed by atoms with Gasteiger partial charge in [-0.15, -0.1) is 0 Å². The molecule has 2 unspecified atom stereocenters. The minimum Gasteiger partial charge on any atom is -0.358 e. The molecule has 1 heterocycles. The zero-order chi connectivity index (χ0) is 10.4. The molecule has 3 rings (SSSR count). The highest BCUT2D eigenvalue weighted by molar-refractivity contribution is 5.85. The molecule has 1 aliphatic rings. The van der Waals surface area contributed by atoms with Crippen LogP contribution in [-0.2, 0) is 6.42 Å². The summed E-state index contributed by atoms with van der Waals surface area (Å²) in [4.78, 5) is 3.58. The van der Waals surface area contributed by atoms with Crippen molar-refractivity contribution in [2.24, 2.45) is 5.92 Å². The summed E-state index contributed by atoms with van der Waals surface area (Å²) in [7, 11) is 0. The van der Waals surface area contributed by atoms with Crippen molar-refractivity contribution in [3.8, 4) is 0 Å². The van der Waals surface area contributed by atoms with E-state index in [0.717, 1.165) is 5.92 Å². The van der Waals surface area contributed by atoms with Gasteiger partial charge >= 0.3 is 0 Å². The summed E-state index contributed by atoms with van der Waals surface area (Å²) >= 11 is 0. The normalized spacial score (nSPS) is 25.5. The van der Waals surface area contributed by atoms with E-state index in [0.29, 0.717) is 5.92 Å². The lowest BCUT2D eigenvalue weighted by Gasteiger charge is -2.24. The second kappa shape index (κ2) is 3.13. The number of para-hydroxylation sites is 1. The Hall–Kier alpha value is -1.24. The number of fused-ring (bicyclic) bond motifs is 3. The second-order valence-corrected chi connectivity index (χ2v) is 5.01. The Morgan fingerprint density at radius 2 is 2.00 bits per heavy atom. The van der Waals surface area contributed by atoms with Crippen LogP contribution in [0, 0.1) is 5.92 Å². The fourth-order valence-corrected chi connectivity index (χ4v) is 3.10. The topological polar surface area (TPSA) is 15.8 Å². The van der Waals surface area contributed by atoms with Crippen LogP contribution in [0.5, 0.6) is 0 Å². The van der Waals surface area contributed by atoms with Crippen molar-refractivity contribution in [1.29, 1.82) is 0 Å². The molecule has 1 aromatic heterocycles. The van der Waals surface area contributed by atoms with E-state index in [1.54, 1.807) is 5.56 Å². The third-order valence-electron chi connectivity index (χ3n) is 3.63. The third-order valence-corrected chi connectivity index (χ3v) is 3.63. The molecule has 0 saturated heterocycles. The maximum absolute atomic E-state index is 3.58. The number of H-pyrrole nitrogens is 1. The molecule has 0 fully saturated rings. The van der Waals surface area contributed by atoms with E-state index in [4.69, 9.17) is 0 Å². The summed E-state index contributed by atoms with van der Waals surface area (Å²) in [6.45, 7) is 4.71. The largest absolute Gasteiger partial charge is 0.358 e. The predicted octanol–water partition coefficient (Wildman–Crippen LogP) is 3.85. The summed E-state index contributed by atoms with van der Waals surface area (Å²) < 4.78 is 0. The van der Waals surface area contributed by atoms with Crippen molar-refractivity contribution in [2.75, 3.05) is 0 Å². The average Bonchev–Trinajstić information content (AvgIpc) is 2.54. The lowest BCUT2D eigenvalue weighted by Crippen LogP contribution is -2.13. The van der Waals surface area contributed by atoms with Crippen LogP contribution < -0.4 is 0 Å². The second-order valence-electron chi connectivity index (χ2n) is 5.01. The molecule has 0 saturated carbocycles. The van der Waals surface area contributed by atoms with E-state index >= 15 is 0 Å². The van der Waals surface area contributed by atoms with Crippen molar-refractivity contribution >= 4 is 10.9 Å². The number of nitrogens with one attached hydrogen (secondary N) is 1. The molecule has 2 atom stereocenters. The zero-order valence-corrected chi connectivity index (χ0v) is 9.38. The molecule has 1 N–H and O–H groups in total. The molecule has 0 spiro atoms. The quantitative estimate of drug-likeness (QED) is 0.663. The van der Waals surface area contributed by atoms with Crippen LogP contribution in [0.25, 0.3) is 10.9 Å². The Balaban J connectivity index is 2.27. The van der Waals surface area contributed by atoms with Crippen LogP contribution in [0.1, 0.15) is 37.4 Å². The van der Waals surface area contributed by atoms with Crippen molar-refractivity contribution in [2.45, 2.75) is 32.6 Å².